The van der Waals surface area contributed by atoms with Crippen LogP contribution in [0.2, 0.25) is 0 Å². The Bertz CT molecular complexity index is 533. The molecule has 16 heavy (non-hydrogen) atoms. The van der Waals surface area contributed by atoms with Crippen LogP contribution in [-0.2, 0) is 0 Å². The number of aryl methyl sites for hydroxylation is 1. The number of aromatic nitrogens is 2. The number of nitrogens with zero attached hydrogens (tertiary/aromatic N) is 2. The first-order chi connectivity index (χ1) is 7.70. The Kier molecular flexibility index (Phi) is 3.05. The number of fused-ring (bicyclic) bond motifs is 1. The molecule has 4 nitrogen and oxygen atoms in total. The van der Waals surface area contributed by atoms with Crippen molar-refractivity contribution >= 4 is 27.5 Å². The third-order valence-corrected chi connectivity index (χ3v) is 2.99. The van der Waals surface area contributed by atoms with Gasteiger partial charge in [0.2, 0.25) is 11.8 Å². The number of hydrogen-bond donors (Lipinski definition) is 1. The molecule has 0 radical (unpaired) electrons. The van der Waals surface area contributed by atoms with Crippen LogP contribution < -0.4 is 10.5 Å². The molecule has 2 aromatic heterocycles. The van der Waals surface area contributed by atoms with Crippen molar-refractivity contribution in [1.29, 1.82) is 0 Å². The summed E-state index contributed by atoms with van der Waals surface area (Å²) in [6.45, 7) is 4.47. The molecule has 5 heteroatoms. The van der Waals surface area contributed by atoms with Crippen molar-refractivity contribution in [2.75, 3.05) is 12.3 Å². The van der Waals surface area contributed by atoms with Gasteiger partial charge in [0, 0.05) is 4.88 Å². The Morgan fingerprint density at radius 2 is 2.31 bits per heavy atom. The summed E-state index contributed by atoms with van der Waals surface area (Å²) in [5, 5.41) is 0.932. The molecule has 2 rings (SSSR count). The molecule has 2 N–H and O–H groups in total. The summed E-state index contributed by atoms with van der Waals surface area (Å²) in [6.07, 6.45) is 3.85. The Morgan fingerprint density at radius 3 is 3.06 bits per heavy atom. The van der Waals surface area contributed by atoms with Gasteiger partial charge < -0.3 is 10.5 Å². The van der Waals surface area contributed by atoms with Crippen LogP contribution in [0.3, 0.4) is 0 Å². The van der Waals surface area contributed by atoms with Crippen LogP contribution in [-0.4, -0.2) is 16.6 Å². The molecule has 0 amide bonds. The summed E-state index contributed by atoms with van der Waals surface area (Å²) in [6, 6.07) is 2.02. The molecule has 0 aliphatic carbocycles. The number of nitrogens with two attached hydrogens (primary N) is 1. The number of ether oxygens (including phenoxy) is 1. The molecule has 0 saturated heterocycles. The van der Waals surface area contributed by atoms with E-state index in [0.717, 1.165) is 10.2 Å². The topological polar surface area (TPSA) is 61.0 Å². The minimum atomic E-state index is 0.254. The number of nitrogen functional groups attached to an aromatic ring is 1. The highest BCUT2D eigenvalue weighted by molar-refractivity contribution is 7.18. The van der Waals surface area contributed by atoms with Crippen LogP contribution in [0.15, 0.2) is 18.2 Å². The molecular weight excluding hydrogens is 222 g/mol. The molecule has 0 aliphatic rings. The lowest BCUT2D eigenvalue weighted by Gasteiger charge is -2.03. The zero-order valence-corrected chi connectivity index (χ0v) is 10.0. The average molecular weight is 235 g/mol. The molecule has 0 unspecified atom stereocenters. The molecule has 0 bridgehead atoms. The SMILES string of the molecule is C/C=C/COc1nc(N)nc2sc(C)cc12. The summed E-state index contributed by atoms with van der Waals surface area (Å²) >= 11 is 1.59. The maximum atomic E-state index is 5.62. The number of hydrogen-bond acceptors (Lipinski definition) is 5. The summed E-state index contributed by atoms with van der Waals surface area (Å²) in [7, 11) is 0. The number of rotatable bonds is 3. The standard InChI is InChI=1S/C11H13N3OS/c1-3-4-5-15-9-8-6-7(2)16-10(8)14-11(12)13-9/h3-4,6H,5H2,1-2H3,(H2,12,13,14)/b4-3+. The third kappa shape index (κ3) is 2.14. The van der Waals surface area contributed by atoms with E-state index in [0.29, 0.717) is 12.5 Å². The maximum Gasteiger partial charge on any atom is 0.227 e. The fourth-order valence-electron chi connectivity index (χ4n) is 1.36. The van der Waals surface area contributed by atoms with Gasteiger partial charge in [0.25, 0.3) is 0 Å². The number of anilines is 1. The predicted molar refractivity (Wildman–Crippen MR) is 66.9 cm³/mol. The molecule has 0 fully saturated rings. The van der Waals surface area contributed by atoms with Crippen molar-refractivity contribution in [2.45, 2.75) is 13.8 Å². The van der Waals surface area contributed by atoms with Gasteiger partial charge in [-0.2, -0.15) is 4.98 Å². The van der Waals surface area contributed by atoms with Gasteiger partial charge >= 0.3 is 0 Å². The Hall–Kier alpha value is -1.62. The lowest BCUT2D eigenvalue weighted by Crippen LogP contribution is -2.00. The second-order valence-corrected chi connectivity index (χ2v) is 4.58. The van der Waals surface area contributed by atoms with Crippen LogP contribution in [0.25, 0.3) is 10.2 Å². The second-order valence-electron chi connectivity index (χ2n) is 3.34. The second kappa shape index (κ2) is 4.49. The van der Waals surface area contributed by atoms with Gasteiger partial charge in [0.1, 0.15) is 11.4 Å². The highest BCUT2D eigenvalue weighted by Crippen LogP contribution is 2.30. The Morgan fingerprint density at radius 1 is 1.50 bits per heavy atom. The van der Waals surface area contributed by atoms with Crippen LogP contribution in [0.4, 0.5) is 5.95 Å². The minimum Gasteiger partial charge on any atom is -0.473 e. The Labute approximate surface area is 97.8 Å². The quantitative estimate of drug-likeness (QED) is 0.830. The molecule has 0 spiro atoms. The molecule has 2 aromatic rings. The van der Waals surface area contributed by atoms with Gasteiger partial charge in [0.15, 0.2) is 0 Å². The lowest BCUT2D eigenvalue weighted by atomic mass is 10.3. The van der Waals surface area contributed by atoms with E-state index >= 15 is 0 Å². The average Bonchev–Trinajstić information content (AvgIpc) is 2.58. The zero-order valence-electron chi connectivity index (χ0n) is 9.23. The van der Waals surface area contributed by atoms with Gasteiger partial charge in [-0.05, 0) is 19.9 Å². The Balaban J connectivity index is 2.41. The van der Waals surface area contributed by atoms with E-state index in [9.17, 15) is 0 Å². The van der Waals surface area contributed by atoms with E-state index in [1.54, 1.807) is 11.3 Å². The summed E-state index contributed by atoms with van der Waals surface area (Å²) in [4.78, 5) is 10.3. The third-order valence-electron chi connectivity index (χ3n) is 2.05. The van der Waals surface area contributed by atoms with Crippen molar-refractivity contribution in [3.05, 3.63) is 23.1 Å². The summed E-state index contributed by atoms with van der Waals surface area (Å²) < 4.78 is 5.54. The van der Waals surface area contributed by atoms with Crippen LogP contribution in [0.5, 0.6) is 5.88 Å². The first-order valence-corrected chi connectivity index (χ1v) is 5.80. The molecule has 2 heterocycles. The molecule has 0 aliphatic heterocycles. The maximum absolute atomic E-state index is 5.62. The normalized spacial score (nSPS) is 11.4. The van der Waals surface area contributed by atoms with Crippen molar-refractivity contribution in [3.63, 3.8) is 0 Å². The summed E-state index contributed by atoms with van der Waals surface area (Å²) in [5.74, 6) is 0.815. The van der Waals surface area contributed by atoms with Crippen LogP contribution in [0.1, 0.15) is 11.8 Å². The van der Waals surface area contributed by atoms with E-state index in [2.05, 4.69) is 9.97 Å². The fourth-order valence-corrected chi connectivity index (χ4v) is 2.24. The number of thiophene rings is 1. The molecule has 84 valence electrons. The molecule has 0 atom stereocenters. The van der Waals surface area contributed by atoms with E-state index in [1.165, 1.54) is 4.88 Å². The first-order valence-electron chi connectivity index (χ1n) is 4.98. The number of allylic oxidation sites excluding steroid dienone is 1. The van der Waals surface area contributed by atoms with Gasteiger partial charge in [-0.15, -0.1) is 11.3 Å². The molecule has 0 saturated carbocycles. The van der Waals surface area contributed by atoms with Gasteiger partial charge in [-0.25, -0.2) is 4.98 Å². The lowest BCUT2D eigenvalue weighted by molar-refractivity contribution is 0.353. The van der Waals surface area contributed by atoms with Crippen LogP contribution >= 0.6 is 11.3 Å². The summed E-state index contributed by atoms with van der Waals surface area (Å²) in [5.41, 5.74) is 5.62. The van der Waals surface area contributed by atoms with Gasteiger partial charge in [0.05, 0.1) is 5.39 Å². The van der Waals surface area contributed by atoms with E-state index in [4.69, 9.17) is 10.5 Å². The van der Waals surface area contributed by atoms with Crippen molar-refractivity contribution in [3.8, 4) is 5.88 Å². The van der Waals surface area contributed by atoms with Gasteiger partial charge in [-0.3, -0.25) is 0 Å². The monoisotopic (exact) mass is 235 g/mol. The van der Waals surface area contributed by atoms with Crippen molar-refractivity contribution in [1.82, 2.24) is 9.97 Å². The predicted octanol–water partition coefficient (Wildman–Crippen LogP) is 2.54. The highest BCUT2D eigenvalue weighted by Gasteiger charge is 2.09. The molecular formula is C11H13N3OS. The van der Waals surface area contributed by atoms with E-state index in [1.807, 2.05) is 32.1 Å². The largest absolute Gasteiger partial charge is 0.473 e. The van der Waals surface area contributed by atoms with Gasteiger partial charge in [-0.1, -0.05) is 12.2 Å². The van der Waals surface area contributed by atoms with E-state index in [-0.39, 0.29) is 5.95 Å². The van der Waals surface area contributed by atoms with Crippen LogP contribution in [0, 0.1) is 6.92 Å². The highest BCUT2D eigenvalue weighted by atomic mass is 32.1. The first kappa shape index (κ1) is 10.9. The van der Waals surface area contributed by atoms with Crippen molar-refractivity contribution in [2.24, 2.45) is 0 Å². The minimum absolute atomic E-state index is 0.254. The van der Waals surface area contributed by atoms with E-state index < -0.39 is 0 Å². The van der Waals surface area contributed by atoms with Crippen molar-refractivity contribution < 1.29 is 4.74 Å². The zero-order chi connectivity index (χ0) is 11.5. The molecule has 0 aromatic carbocycles. The fraction of sp³-hybridized carbons (Fsp3) is 0.273. The smallest absolute Gasteiger partial charge is 0.227 e.